The molecule has 1 heterocycles. The lowest BCUT2D eigenvalue weighted by molar-refractivity contribution is -0.119. The minimum atomic E-state index is -1.18. The summed E-state index contributed by atoms with van der Waals surface area (Å²) in [7, 11) is 1.84. The van der Waals surface area contributed by atoms with Gasteiger partial charge in [-0.1, -0.05) is 6.92 Å². The topological polar surface area (TPSA) is 84.2 Å². The second kappa shape index (κ2) is 6.82. The minimum Gasteiger partial charge on any atom is -0.478 e. The highest BCUT2D eigenvalue weighted by Gasteiger charge is 2.20. The quantitative estimate of drug-likeness (QED) is 0.881. The van der Waals surface area contributed by atoms with Crippen molar-refractivity contribution in [2.75, 3.05) is 5.32 Å². The first-order valence-electron chi connectivity index (χ1n) is 7.53. The molecule has 0 radical (unpaired) electrons. The van der Waals surface area contributed by atoms with Gasteiger partial charge in [-0.25, -0.2) is 9.18 Å². The van der Waals surface area contributed by atoms with Crippen molar-refractivity contribution < 1.29 is 19.1 Å². The number of aromatic nitrogens is 2. The third kappa shape index (κ3) is 3.61. The Balaban J connectivity index is 2.15. The molecular weight excluding hydrogens is 313 g/mol. The highest BCUT2D eigenvalue weighted by atomic mass is 19.1. The normalized spacial score (nSPS) is 12.0. The van der Waals surface area contributed by atoms with Crippen molar-refractivity contribution in [1.82, 2.24) is 9.78 Å². The van der Waals surface area contributed by atoms with E-state index in [-0.39, 0.29) is 17.2 Å². The van der Waals surface area contributed by atoms with Gasteiger partial charge in [0, 0.05) is 18.7 Å². The van der Waals surface area contributed by atoms with Crippen LogP contribution in [0.25, 0.3) is 0 Å². The molecule has 0 saturated carbocycles. The molecule has 0 aliphatic heterocycles. The van der Waals surface area contributed by atoms with E-state index in [1.807, 2.05) is 20.9 Å². The van der Waals surface area contributed by atoms with Crippen molar-refractivity contribution in [1.29, 1.82) is 0 Å². The van der Waals surface area contributed by atoms with E-state index in [1.165, 1.54) is 0 Å². The van der Waals surface area contributed by atoms with Gasteiger partial charge in [-0.3, -0.25) is 9.48 Å². The number of halogens is 1. The summed E-state index contributed by atoms with van der Waals surface area (Å²) in [4.78, 5) is 23.3. The molecule has 7 heteroatoms. The number of carboxylic acids is 1. The third-order valence-electron chi connectivity index (χ3n) is 4.09. The lowest BCUT2D eigenvalue weighted by atomic mass is 9.98. The first kappa shape index (κ1) is 17.7. The number of hydrogen-bond donors (Lipinski definition) is 2. The van der Waals surface area contributed by atoms with Crippen LogP contribution in [0.3, 0.4) is 0 Å². The Morgan fingerprint density at radius 3 is 2.58 bits per heavy atom. The number of carbonyl (C=O) groups is 2. The summed E-state index contributed by atoms with van der Waals surface area (Å²) in [5.41, 5.74) is 2.60. The van der Waals surface area contributed by atoms with E-state index in [0.29, 0.717) is 6.42 Å². The van der Waals surface area contributed by atoms with Crippen LogP contribution < -0.4 is 5.32 Å². The van der Waals surface area contributed by atoms with Gasteiger partial charge in [-0.2, -0.15) is 5.10 Å². The number of aryl methyl sites for hydroxylation is 2. The maximum absolute atomic E-state index is 13.8. The Bertz CT molecular complexity index is 799. The van der Waals surface area contributed by atoms with Crippen LogP contribution in [-0.2, 0) is 18.3 Å². The van der Waals surface area contributed by atoms with Crippen LogP contribution in [0.1, 0.15) is 34.2 Å². The largest absolute Gasteiger partial charge is 0.478 e. The van der Waals surface area contributed by atoms with Gasteiger partial charge in [0.25, 0.3) is 0 Å². The van der Waals surface area contributed by atoms with Gasteiger partial charge >= 0.3 is 5.97 Å². The average molecular weight is 333 g/mol. The molecule has 24 heavy (non-hydrogen) atoms. The lowest BCUT2D eigenvalue weighted by Crippen LogP contribution is -2.23. The molecule has 2 aromatic rings. The Hall–Kier alpha value is -2.70. The molecular formula is C17H20FN3O3. The van der Waals surface area contributed by atoms with Gasteiger partial charge in [0.1, 0.15) is 5.82 Å². The molecule has 1 atom stereocenters. The molecule has 1 aromatic carbocycles. The zero-order chi connectivity index (χ0) is 18.0. The lowest BCUT2D eigenvalue weighted by Gasteiger charge is -2.13. The number of anilines is 1. The molecule has 0 spiro atoms. The summed E-state index contributed by atoms with van der Waals surface area (Å²) >= 11 is 0. The van der Waals surface area contributed by atoms with Crippen molar-refractivity contribution in [3.05, 3.63) is 46.5 Å². The fourth-order valence-electron chi connectivity index (χ4n) is 2.52. The molecule has 2 rings (SSSR count). The fourth-order valence-corrected chi connectivity index (χ4v) is 2.52. The molecule has 0 aliphatic rings. The van der Waals surface area contributed by atoms with Crippen molar-refractivity contribution in [2.45, 2.75) is 27.2 Å². The van der Waals surface area contributed by atoms with Crippen molar-refractivity contribution in [2.24, 2.45) is 13.0 Å². The molecule has 1 aromatic heterocycles. The number of aromatic carboxylic acids is 1. The maximum Gasteiger partial charge on any atom is 0.335 e. The summed E-state index contributed by atoms with van der Waals surface area (Å²) in [6.45, 7) is 5.54. The molecule has 0 fully saturated rings. The molecule has 128 valence electrons. The van der Waals surface area contributed by atoms with Crippen LogP contribution >= 0.6 is 0 Å². The van der Waals surface area contributed by atoms with Crippen LogP contribution in [0.15, 0.2) is 18.2 Å². The van der Waals surface area contributed by atoms with E-state index in [9.17, 15) is 14.0 Å². The van der Waals surface area contributed by atoms with Crippen molar-refractivity contribution >= 4 is 17.6 Å². The fraction of sp³-hybridized carbons (Fsp3) is 0.353. The summed E-state index contributed by atoms with van der Waals surface area (Å²) in [6.07, 6.45) is 0.470. The average Bonchev–Trinajstić information content (AvgIpc) is 2.75. The minimum absolute atomic E-state index is 0.0849. The zero-order valence-corrected chi connectivity index (χ0v) is 14.1. The third-order valence-corrected chi connectivity index (χ3v) is 4.09. The van der Waals surface area contributed by atoms with Gasteiger partial charge in [0.2, 0.25) is 5.91 Å². The number of nitrogens with one attached hydrogen (secondary N) is 1. The molecule has 0 bridgehead atoms. The van der Waals surface area contributed by atoms with Crippen LogP contribution in [0.4, 0.5) is 10.1 Å². The molecule has 0 aliphatic carbocycles. The van der Waals surface area contributed by atoms with Crippen molar-refractivity contribution in [3.63, 3.8) is 0 Å². The molecule has 2 N–H and O–H groups in total. The van der Waals surface area contributed by atoms with Crippen LogP contribution in [-0.4, -0.2) is 26.8 Å². The number of hydrogen-bond acceptors (Lipinski definition) is 3. The van der Waals surface area contributed by atoms with E-state index in [0.717, 1.165) is 35.2 Å². The van der Waals surface area contributed by atoms with E-state index in [2.05, 4.69) is 10.4 Å². The van der Waals surface area contributed by atoms with Gasteiger partial charge in [0.05, 0.1) is 16.9 Å². The highest BCUT2D eigenvalue weighted by molar-refractivity contribution is 5.95. The molecule has 1 unspecified atom stereocenters. The molecule has 1 amide bonds. The number of nitrogens with zero attached hydrogens (tertiary/aromatic N) is 2. The smallest absolute Gasteiger partial charge is 0.335 e. The standard InChI is InChI=1S/C17H20FN3O3/c1-9(7-13-10(2)20-21(4)11(13)3)16(22)19-15-8-12(17(23)24)5-6-14(15)18/h5-6,8-9H,7H2,1-4H3,(H,19,22)(H,23,24). The van der Waals surface area contributed by atoms with Crippen LogP contribution in [0.5, 0.6) is 0 Å². The Morgan fingerprint density at radius 2 is 2.04 bits per heavy atom. The first-order chi connectivity index (χ1) is 11.2. The number of rotatable bonds is 5. The number of amides is 1. The Morgan fingerprint density at radius 1 is 1.38 bits per heavy atom. The Kier molecular flexibility index (Phi) is 5.02. The first-order valence-corrected chi connectivity index (χ1v) is 7.53. The van der Waals surface area contributed by atoms with Gasteiger partial charge in [0.15, 0.2) is 0 Å². The van der Waals surface area contributed by atoms with E-state index < -0.39 is 17.7 Å². The van der Waals surface area contributed by atoms with Crippen LogP contribution in [0, 0.1) is 25.6 Å². The van der Waals surface area contributed by atoms with E-state index >= 15 is 0 Å². The van der Waals surface area contributed by atoms with E-state index in [4.69, 9.17) is 5.11 Å². The number of benzene rings is 1. The number of carbonyl (C=O) groups excluding carboxylic acids is 1. The summed E-state index contributed by atoms with van der Waals surface area (Å²) in [6, 6.07) is 3.29. The van der Waals surface area contributed by atoms with E-state index in [1.54, 1.807) is 11.6 Å². The second-order valence-corrected chi connectivity index (χ2v) is 5.87. The number of carboxylic acid groups (broad SMARTS) is 1. The molecule has 0 saturated heterocycles. The van der Waals surface area contributed by atoms with Gasteiger partial charge in [-0.05, 0) is 44.0 Å². The maximum atomic E-state index is 13.8. The summed E-state index contributed by atoms with van der Waals surface area (Å²) in [5.74, 6) is -2.65. The monoisotopic (exact) mass is 333 g/mol. The van der Waals surface area contributed by atoms with Crippen molar-refractivity contribution in [3.8, 4) is 0 Å². The molecule has 6 nitrogen and oxygen atoms in total. The van der Waals surface area contributed by atoms with Gasteiger partial charge in [-0.15, -0.1) is 0 Å². The summed E-state index contributed by atoms with van der Waals surface area (Å²) < 4.78 is 15.5. The highest BCUT2D eigenvalue weighted by Crippen LogP contribution is 2.20. The zero-order valence-electron chi connectivity index (χ0n) is 14.1. The Labute approximate surface area is 139 Å². The van der Waals surface area contributed by atoms with Crippen LogP contribution in [0.2, 0.25) is 0 Å². The SMILES string of the molecule is Cc1nn(C)c(C)c1CC(C)C(=O)Nc1cc(C(=O)O)ccc1F. The predicted octanol–water partition coefficient (Wildman–Crippen LogP) is 2.69. The summed E-state index contributed by atoms with van der Waals surface area (Å²) in [5, 5.41) is 15.7. The second-order valence-electron chi connectivity index (χ2n) is 5.87. The van der Waals surface area contributed by atoms with Gasteiger partial charge < -0.3 is 10.4 Å². The predicted molar refractivity (Wildman–Crippen MR) is 87.5 cm³/mol.